The van der Waals surface area contributed by atoms with E-state index in [9.17, 15) is 18.0 Å². The van der Waals surface area contributed by atoms with Crippen LogP contribution in [0.5, 0.6) is 5.75 Å². The molecule has 0 aliphatic rings. The van der Waals surface area contributed by atoms with E-state index in [1.54, 1.807) is 25.3 Å². The van der Waals surface area contributed by atoms with Crippen LogP contribution in [-0.2, 0) is 17.8 Å². The Morgan fingerprint density at radius 2 is 2.12 bits per heavy atom. The minimum Gasteiger partial charge on any atom is -0.404 e. The summed E-state index contributed by atoms with van der Waals surface area (Å²) in [6.07, 6.45) is -2.91. The van der Waals surface area contributed by atoms with Crippen LogP contribution in [0.2, 0.25) is 0 Å². The van der Waals surface area contributed by atoms with Crippen molar-refractivity contribution in [3.8, 4) is 5.75 Å². The summed E-state index contributed by atoms with van der Waals surface area (Å²) in [5, 5.41) is 6.53. The number of hydrogen-bond donors (Lipinski definition) is 1. The van der Waals surface area contributed by atoms with E-state index < -0.39 is 18.0 Å². The van der Waals surface area contributed by atoms with Crippen molar-refractivity contribution in [1.82, 2.24) is 10.2 Å². The second-order valence-corrected chi connectivity index (χ2v) is 5.11. The molecule has 1 heterocycles. The Bertz CT molecular complexity index is 690. The fourth-order valence-corrected chi connectivity index (χ4v) is 2.42. The molecule has 0 aliphatic heterocycles. The number of aryl methyl sites for hydroxylation is 1. The molecule has 2 aromatic rings. The average molecular weight is 362 g/mol. The van der Waals surface area contributed by atoms with Crippen molar-refractivity contribution in [2.24, 2.45) is 0 Å². The molecule has 0 saturated heterocycles. The highest BCUT2D eigenvalue weighted by atomic mass is 35.5. The van der Waals surface area contributed by atoms with E-state index in [4.69, 9.17) is 11.6 Å². The van der Waals surface area contributed by atoms with E-state index in [0.29, 0.717) is 17.7 Å². The van der Waals surface area contributed by atoms with Crippen LogP contribution in [0.1, 0.15) is 18.2 Å². The molecule has 130 valence electrons. The maximum Gasteiger partial charge on any atom is 0.573 e. The first-order valence-corrected chi connectivity index (χ1v) is 7.61. The zero-order chi connectivity index (χ0) is 17.7. The van der Waals surface area contributed by atoms with Crippen LogP contribution in [-0.4, -0.2) is 28.3 Å². The molecule has 24 heavy (non-hydrogen) atoms. The van der Waals surface area contributed by atoms with E-state index in [1.165, 1.54) is 12.1 Å². The van der Waals surface area contributed by atoms with Crippen molar-refractivity contribution >= 4 is 23.2 Å². The molecule has 0 saturated carbocycles. The van der Waals surface area contributed by atoms with Crippen LogP contribution >= 0.6 is 11.6 Å². The topological polar surface area (TPSA) is 58.2 Å². The molecule has 0 spiro atoms. The molecule has 2 rings (SSSR count). The number of nitrogens with zero attached hydrogens (tertiary/aromatic N) is 2. The van der Waals surface area contributed by atoms with Crippen molar-refractivity contribution in [3.05, 3.63) is 41.7 Å². The van der Waals surface area contributed by atoms with Crippen molar-refractivity contribution in [1.29, 1.82) is 0 Å². The minimum absolute atomic E-state index is 0.0275. The maximum atomic E-state index is 12.7. The van der Waals surface area contributed by atoms with Gasteiger partial charge in [0.2, 0.25) is 5.91 Å². The summed E-state index contributed by atoms with van der Waals surface area (Å²) in [5.41, 5.74) is 1.06. The summed E-state index contributed by atoms with van der Waals surface area (Å²) < 4.78 is 42.2. The Morgan fingerprint density at radius 1 is 1.38 bits per heavy atom. The van der Waals surface area contributed by atoms with Gasteiger partial charge in [0.15, 0.2) is 5.75 Å². The van der Waals surface area contributed by atoms with Gasteiger partial charge in [-0.25, -0.2) is 0 Å². The van der Waals surface area contributed by atoms with Crippen LogP contribution in [0.15, 0.2) is 30.5 Å². The number of aromatic amines is 1. The van der Waals surface area contributed by atoms with Gasteiger partial charge in [-0.3, -0.25) is 9.89 Å². The SMILES string of the molecule is CCc1cccc(OC(F)(F)F)c1N(Cc1cc[nH]n1)C(=O)CCl. The van der Waals surface area contributed by atoms with Crippen molar-refractivity contribution in [3.63, 3.8) is 0 Å². The number of para-hydroxylation sites is 1. The fourth-order valence-electron chi connectivity index (χ4n) is 2.27. The van der Waals surface area contributed by atoms with Crippen LogP contribution in [0.25, 0.3) is 0 Å². The van der Waals surface area contributed by atoms with Crippen LogP contribution in [0.3, 0.4) is 0 Å². The Balaban J connectivity index is 2.52. The number of H-pyrrole nitrogens is 1. The lowest BCUT2D eigenvalue weighted by molar-refractivity contribution is -0.274. The summed E-state index contributed by atoms with van der Waals surface area (Å²) in [4.78, 5) is 13.4. The van der Waals surface area contributed by atoms with Gasteiger partial charge in [-0.15, -0.1) is 24.8 Å². The number of ether oxygens (including phenoxy) is 1. The van der Waals surface area contributed by atoms with E-state index >= 15 is 0 Å². The van der Waals surface area contributed by atoms with Gasteiger partial charge in [-0.05, 0) is 24.1 Å². The van der Waals surface area contributed by atoms with Crippen molar-refractivity contribution < 1.29 is 22.7 Å². The van der Waals surface area contributed by atoms with E-state index in [2.05, 4.69) is 14.9 Å². The first-order valence-electron chi connectivity index (χ1n) is 7.08. The summed E-state index contributed by atoms with van der Waals surface area (Å²) >= 11 is 5.64. The molecule has 0 atom stereocenters. The molecule has 0 radical (unpaired) electrons. The normalized spacial score (nSPS) is 11.4. The van der Waals surface area contributed by atoms with E-state index in [1.807, 2.05) is 0 Å². The standard InChI is InChI=1S/C15H15ClF3N3O2/c1-2-10-4-3-5-12(24-15(17,18)19)14(10)22(13(23)8-16)9-11-6-7-20-21-11/h3-7H,2,8-9H2,1H3,(H,20,21). The molecule has 0 aliphatic carbocycles. The van der Waals surface area contributed by atoms with Crippen LogP contribution < -0.4 is 9.64 Å². The first-order chi connectivity index (χ1) is 11.4. The molecule has 1 N–H and O–H groups in total. The third kappa shape index (κ3) is 4.41. The Morgan fingerprint density at radius 3 is 2.67 bits per heavy atom. The summed E-state index contributed by atoms with van der Waals surface area (Å²) in [6.45, 7) is 1.74. The van der Waals surface area contributed by atoms with E-state index in [-0.39, 0.29) is 18.1 Å². The predicted octanol–water partition coefficient (Wildman–Crippen LogP) is 3.64. The fraction of sp³-hybridized carbons (Fsp3) is 0.333. The molecular formula is C15H15ClF3N3O2. The van der Waals surface area contributed by atoms with Gasteiger partial charge in [0.1, 0.15) is 5.88 Å². The van der Waals surface area contributed by atoms with Crippen LogP contribution in [0.4, 0.5) is 18.9 Å². The Hall–Kier alpha value is -2.22. The number of anilines is 1. The molecule has 1 amide bonds. The lowest BCUT2D eigenvalue weighted by Gasteiger charge is -2.26. The first kappa shape index (κ1) is 18.1. The predicted molar refractivity (Wildman–Crippen MR) is 83.0 cm³/mol. The van der Waals surface area contributed by atoms with Gasteiger partial charge in [-0.2, -0.15) is 5.10 Å². The molecule has 0 fully saturated rings. The third-order valence-corrected chi connectivity index (χ3v) is 3.48. The van der Waals surface area contributed by atoms with Gasteiger partial charge in [-0.1, -0.05) is 19.1 Å². The molecule has 9 heteroatoms. The molecule has 0 bridgehead atoms. The Labute approximate surface area is 141 Å². The van der Waals surface area contributed by atoms with Crippen molar-refractivity contribution in [2.45, 2.75) is 26.3 Å². The number of nitrogens with one attached hydrogen (secondary N) is 1. The lowest BCUT2D eigenvalue weighted by atomic mass is 10.1. The van der Waals surface area contributed by atoms with Crippen LogP contribution in [0, 0.1) is 0 Å². The zero-order valence-electron chi connectivity index (χ0n) is 12.7. The molecule has 0 unspecified atom stereocenters. The summed E-state index contributed by atoms with van der Waals surface area (Å²) in [5.74, 6) is -1.38. The smallest absolute Gasteiger partial charge is 0.404 e. The van der Waals surface area contributed by atoms with Crippen molar-refractivity contribution in [2.75, 3.05) is 10.8 Å². The highest BCUT2D eigenvalue weighted by Crippen LogP contribution is 2.37. The lowest BCUT2D eigenvalue weighted by Crippen LogP contribution is -2.33. The quantitative estimate of drug-likeness (QED) is 0.799. The highest BCUT2D eigenvalue weighted by Gasteiger charge is 2.34. The number of halogens is 4. The maximum absolute atomic E-state index is 12.7. The molecular weight excluding hydrogens is 347 g/mol. The van der Waals surface area contributed by atoms with Gasteiger partial charge in [0.25, 0.3) is 0 Å². The van der Waals surface area contributed by atoms with Gasteiger partial charge < -0.3 is 9.64 Å². The number of hydrogen-bond acceptors (Lipinski definition) is 3. The number of carbonyl (C=O) groups is 1. The van der Waals surface area contributed by atoms with E-state index in [0.717, 1.165) is 4.90 Å². The van der Waals surface area contributed by atoms with Gasteiger partial charge in [0.05, 0.1) is 17.9 Å². The average Bonchev–Trinajstić information content (AvgIpc) is 3.03. The third-order valence-electron chi connectivity index (χ3n) is 3.25. The van der Waals surface area contributed by atoms with Gasteiger partial charge >= 0.3 is 6.36 Å². The second-order valence-electron chi connectivity index (χ2n) is 4.84. The molecule has 1 aromatic carbocycles. The van der Waals surface area contributed by atoms with Gasteiger partial charge in [0, 0.05) is 6.20 Å². The number of amides is 1. The Kier molecular flexibility index (Phi) is 5.71. The number of alkyl halides is 4. The highest BCUT2D eigenvalue weighted by molar-refractivity contribution is 6.29. The number of aromatic nitrogens is 2. The number of carbonyl (C=O) groups excluding carboxylic acids is 1. The summed E-state index contributed by atoms with van der Waals surface area (Å²) in [7, 11) is 0. The number of rotatable bonds is 6. The second kappa shape index (κ2) is 7.57. The number of benzene rings is 1. The zero-order valence-corrected chi connectivity index (χ0v) is 13.5. The summed E-state index contributed by atoms with van der Waals surface area (Å²) in [6, 6.07) is 5.87. The monoisotopic (exact) mass is 361 g/mol. The molecule has 5 nitrogen and oxygen atoms in total. The molecule has 1 aromatic heterocycles. The largest absolute Gasteiger partial charge is 0.573 e. The minimum atomic E-state index is -4.87.